The summed E-state index contributed by atoms with van der Waals surface area (Å²) >= 11 is 0. The molecule has 1 saturated carbocycles. The smallest absolute Gasteiger partial charge is 0.339 e. The van der Waals surface area contributed by atoms with Crippen LogP contribution in [-0.2, 0) is 0 Å². The Morgan fingerprint density at radius 1 is 1.14 bits per heavy atom. The highest BCUT2D eigenvalue weighted by Crippen LogP contribution is 2.38. The maximum Gasteiger partial charge on any atom is 0.339 e. The van der Waals surface area contributed by atoms with E-state index in [0.717, 1.165) is 24.9 Å². The van der Waals surface area contributed by atoms with Crippen molar-refractivity contribution >= 4 is 11.8 Å². The molecule has 0 spiro atoms. The summed E-state index contributed by atoms with van der Waals surface area (Å²) in [5.74, 6) is 0.387. The lowest BCUT2D eigenvalue weighted by atomic mass is 9.78. The summed E-state index contributed by atoms with van der Waals surface area (Å²) in [7, 11) is 0. The average molecular weight is 289 g/mol. The Hall–Kier alpha value is -1.65. The molecule has 1 aromatic heterocycles. The van der Waals surface area contributed by atoms with E-state index in [-0.39, 0.29) is 0 Å². The molecule has 1 saturated heterocycles. The molecule has 0 bridgehead atoms. The second kappa shape index (κ2) is 5.62. The number of carbonyl (C=O) groups is 1. The zero-order valence-electron chi connectivity index (χ0n) is 12.8. The molecule has 1 aliphatic carbocycles. The van der Waals surface area contributed by atoms with Crippen LogP contribution < -0.4 is 4.90 Å². The summed E-state index contributed by atoms with van der Waals surface area (Å²) in [6.45, 7) is 4.55. The standard InChI is InChI=1S/C16H23N3O2/c1-10-11(2)17-18-15(14(10)16(20)21)19-9-5-7-12-6-3-4-8-13(12)19/h12-13H,3-9H2,1-2H3,(H,20,21). The molecule has 0 aromatic carbocycles. The molecule has 0 radical (unpaired) electrons. The highest BCUT2D eigenvalue weighted by molar-refractivity contribution is 5.95. The fourth-order valence-corrected chi connectivity index (χ4v) is 3.94. The molecule has 21 heavy (non-hydrogen) atoms. The lowest BCUT2D eigenvalue weighted by Gasteiger charge is -2.45. The van der Waals surface area contributed by atoms with Gasteiger partial charge in [-0.05, 0) is 51.0 Å². The minimum absolute atomic E-state index is 0.341. The maximum absolute atomic E-state index is 11.7. The van der Waals surface area contributed by atoms with Crippen LogP contribution >= 0.6 is 0 Å². The van der Waals surface area contributed by atoms with E-state index >= 15 is 0 Å². The minimum atomic E-state index is -0.890. The molecule has 0 amide bonds. The first-order valence-electron chi connectivity index (χ1n) is 7.93. The van der Waals surface area contributed by atoms with Crippen molar-refractivity contribution in [3.63, 3.8) is 0 Å². The predicted octanol–water partition coefficient (Wildman–Crippen LogP) is 2.95. The van der Waals surface area contributed by atoms with Gasteiger partial charge in [-0.1, -0.05) is 12.8 Å². The van der Waals surface area contributed by atoms with Crippen molar-refractivity contribution in [2.45, 2.75) is 58.4 Å². The number of hydrogen-bond acceptors (Lipinski definition) is 4. The fraction of sp³-hybridized carbons (Fsp3) is 0.688. The first-order chi connectivity index (χ1) is 10.1. The summed E-state index contributed by atoms with van der Waals surface area (Å²) in [6, 6.07) is 0.446. The summed E-state index contributed by atoms with van der Waals surface area (Å²) in [5, 5.41) is 18.1. The quantitative estimate of drug-likeness (QED) is 0.906. The second-order valence-electron chi connectivity index (χ2n) is 6.36. The third-order valence-electron chi connectivity index (χ3n) is 5.17. The number of aromatic carboxylic acids is 1. The molecule has 2 unspecified atom stereocenters. The first-order valence-corrected chi connectivity index (χ1v) is 7.93. The van der Waals surface area contributed by atoms with E-state index < -0.39 is 5.97 Å². The van der Waals surface area contributed by atoms with E-state index in [1.807, 2.05) is 13.8 Å². The van der Waals surface area contributed by atoms with E-state index in [2.05, 4.69) is 15.1 Å². The number of anilines is 1. The number of aryl methyl sites for hydroxylation is 1. The van der Waals surface area contributed by atoms with Gasteiger partial charge in [0.05, 0.1) is 5.69 Å². The Morgan fingerprint density at radius 2 is 1.86 bits per heavy atom. The first kappa shape index (κ1) is 14.3. The number of nitrogens with zero attached hydrogens (tertiary/aromatic N) is 3. The predicted molar refractivity (Wildman–Crippen MR) is 80.8 cm³/mol. The molecular weight excluding hydrogens is 266 g/mol. The van der Waals surface area contributed by atoms with Gasteiger partial charge in [-0.3, -0.25) is 0 Å². The lowest BCUT2D eigenvalue weighted by Crippen LogP contribution is -2.48. The van der Waals surface area contributed by atoms with E-state index in [9.17, 15) is 9.90 Å². The average Bonchev–Trinajstić information content (AvgIpc) is 2.49. The number of hydrogen-bond donors (Lipinski definition) is 1. The van der Waals surface area contributed by atoms with Gasteiger partial charge in [0.1, 0.15) is 5.56 Å². The van der Waals surface area contributed by atoms with Gasteiger partial charge in [0.25, 0.3) is 0 Å². The topological polar surface area (TPSA) is 66.3 Å². The Kier molecular flexibility index (Phi) is 3.83. The molecule has 1 N–H and O–H groups in total. The Balaban J connectivity index is 2.02. The Labute approximate surface area is 125 Å². The molecular formula is C16H23N3O2. The molecule has 5 heteroatoms. The maximum atomic E-state index is 11.7. The van der Waals surface area contributed by atoms with Crippen LogP contribution in [0.2, 0.25) is 0 Å². The number of fused-ring (bicyclic) bond motifs is 1. The van der Waals surface area contributed by atoms with Crippen molar-refractivity contribution in [1.82, 2.24) is 10.2 Å². The normalized spacial score (nSPS) is 25.5. The number of piperidine rings is 1. The van der Waals surface area contributed by atoms with Crippen LogP contribution in [0.15, 0.2) is 0 Å². The van der Waals surface area contributed by atoms with E-state index in [1.165, 1.54) is 25.7 Å². The van der Waals surface area contributed by atoms with Crippen LogP contribution in [0.3, 0.4) is 0 Å². The Bertz CT molecular complexity index is 557. The zero-order chi connectivity index (χ0) is 15.0. The molecule has 2 fully saturated rings. The number of aromatic nitrogens is 2. The van der Waals surface area contributed by atoms with Gasteiger partial charge in [-0.25, -0.2) is 4.79 Å². The highest BCUT2D eigenvalue weighted by Gasteiger charge is 2.36. The van der Waals surface area contributed by atoms with Gasteiger partial charge in [-0.15, -0.1) is 5.10 Å². The lowest BCUT2D eigenvalue weighted by molar-refractivity contribution is 0.0695. The fourth-order valence-electron chi connectivity index (χ4n) is 3.94. The van der Waals surface area contributed by atoms with Gasteiger partial charge in [0, 0.05) is 12.6 Å². The van der Waals surface area contributed by atoms with Crippen LogP contribution in [0.1, 0.15) is 60.1 Å². The van der Waals surface area contributed by atoms with Crippen molar-refractivity contribution in [1.29, 1.82) is 0 Å². The van der Waals surface area contributed by atoms with E-state index in [0.29, 0.717) is 29.0 Å². The van der Waals surface area contributed by atoms with Gasteiger partial charge >= 0.3 is 5.97 Å². The van der Waals surface area contributed by atoms with Gasteiger partial charge in [0.15, 0.2) is 5.82 Å². The third-order valence-corrected chi connectivity index (χ3v) is 5.17. The summed E-state index contributed by atoms with van der Waals surface area (Å²) in [6.07, 6.45) is 7.34. The number of carboxylic acids is 1. The van der Waals surface area contributed by atoms with Crippen LogP contribution in [0.5, 0.6) is 0 Å². The molecule has 114 valence electrons. The van der Waals surface area contributed by atoms with Crippen LogP contribution in [0, 0.1) is 19.8 Å². The minimum Gasteiger partial charge on any atom is -0.478 e. The third kappa shape index (κ3) is 2.49. The number of carboxylic acid groups (broad SMARTS) is 1. The molecule has 3 rings (SSSR count). The highest BCUT2D eigenvalue weighted by atomic mass is 16.4. The molecule has 1 aliphatic heterocycles. The number of rotatable bonds is 2. The van der Waals surface area contributed by atoms with Crippen molar-refractivity contribution < 1.29 is 9.90 Å². The van der Waals surface area contributed by atoms with Gasteiger partial charge in [-0.2, -0.15) is 5.10 Å². The summed E-state index contributed by atoms with van der Waals surface area (Å²) < 4.78 is 0. The molecule has 5 nitrogen and oxygen atoms in total. The van der Waals surface area contributed by atoms with Crippen LogP contribution in [-0.4, -0.2) is 33.9 Å². The van der Waals surface area contributed by atoms with Crippen LogP contribution in [0.4, 0.5) is 5.82 Å². The van der Waals surface area contributed by atoms with E-state index in [4.69, 9.17) is 0 Å². The van der Waals surface area contributed by atoms with Gasteiger partial charge < -0.3 is 10.0 Å². The molecule has 1 aromatic rings. The molecule has 2 heterocycles. The van der Waals surface area contributed by atoms with Gasteiger partial charge in [0.2, 0.25) is 0 Å². The second-order valence-corrected chi connectivity index (χ2v) is 6.36. The SMILES string of the molecule is Cc1nnc(N2CCCC3CCCCC32)c(C(=O)O)c1C. The molecule has 2 atom stereocenters. The zero-order valence-corrected chi connectivity index (χ0v) is 12.8. The Morgan fingerprint density at radius 3 is 2.62 bits per heavy atom. The van der Waals surface area contributed by atoms with Crippen molar-refractivity contribution in [3.8, 4) is 0 Å². The summed E-state index contributed by atoms with van der Waals surface area (Å²) in [4.78, 5) is 13.9. The van der Waals surface area contributed by atoms with Crippen molar-refractivity contribution in [3.05, 3.63) is 16.8 Å². The summed E-state index contributed by atoms with van der Waals surface area (Å²) in [5.41, 5.74) is 1.78. The molecule has 2 aliphatic rings. The van der Waals surface area contributed by atoms with E-state index in [1.54, 1.807) is 0 Å². The van der Waals surface area contributed by atoms with Crippen LogP contribution in [0.25, 0.3) is 0 Å². The van der Waals surface area contributed by atoms with Crippen molar-refractivity contribution in [2.24, 2.45) is 5.92 Å². The largest absolute Gasteiger partial charge is 0.478 e. The monoisotopic (exact) mass is 289 g/mol. The van der Waals surface area contributed by atoms with Crippen molar-refractivity contribution in [2.75, 3.05) is 11.4 Å².